The summed E-state index contributed by atoms with van der Waals surface area (Å²) in [5.41, 5.74) is 1.18. The molecule has 0 amide bonds. The molecule has 23 heavy (non-hydrogen) atoms. The number of ether oxygens (including phenoxy) is 2. The van der Waals surface area contributed by atoms with E-state index in [1.54, 1.807) is 48.5 Å². The van der Waals surface area contributed by atoms with Crippen LogP contribution in [0.3, 0.4) is 0 Å². The van der Waals surface area contributed by atoms with Crippen molar-refractivity contribution < 1.29 is 19.4 Å². The molecule has 0 saturated heterocycles. The Hall–Kier alpha value is -2.04. The smallest absolute Gasteiger partial charge is 0.193 e. The normalized spacial score (nSPS) is 10.3. The summed E-state index contributed by atoms with van der Waals surface area (Å²) in [4.78, 5) is 12.4. The van der Waals surface area contributed by atoms with Crippen molar-refractivity contribution in [3.05, 3.63) is 59.7 Å². The zero-order valence-electron chi connectivity index (χ0n) is 12.7. The zero-order valence-corrected chi connectivity index (χ0v) is 13.5. The van der Waals surface area contributed by atoms with Gasteiger partial charge in [0.05, 0.1) is 13.2 Å². The van der Waals surface area contributed by atoms with Gasteiger partial charge in [-0.3, -0.25) is 4.79 Å². The van der Waals surface area contributed by atoms with Gasteiger partial charge in [0.1, 0.15) is 18.1 Å². The molecule has 0 aliphatic heterocycles. The van der Waals surface area contributed by atoms with Gasteiger partial charge in [-0.2, -0.15) is 0 Å². The number of aliphatic hydroxyl groups excluding tert-OH is 1. The number of carbonyl (C=O) groups is 1. The molecular formula is C18H19ClO4. The van der Waals surface area contributed by atoms with Gasteiger partial charge in [-0.1, -0.05) is 0 Å². The minimum atomic E-state index is -0.0639. The first-order valence-electron chi connectivity index (χ1n) is 7.42. The molecule has 2 rings (SSSR count). The maximum absolute atomic E-state index is 12.4. The van der Waals surface area contributed by atoms with Crippen LogP contribution in [0.15, 0.2) is 48.5 Å². The van der Waals surface area contributed by atoms with Crippen LogP contribution in [0.1, 0.15) is 22.3 Å². The second-order valence-electron chi connectivity index (χ2n) is 4.84. The fraction of sp³-hybridized carbons (Fsp3) is 0.278. The van der Waals surface area contributed by atoms with Crippen molar-refractivity contribution in [2.24, 2.45) is 0 Å². The summed E-state index contributed by atoms with van der Waals surface area (Å²) in [7, 11) is 0. The van der Waals surface area contributed by atoms with Crippen LogP contribution in [-0.2, 0) is 0 Å². The first kappa shape index (κ1) is 17.3. The van der Waals surface area contributed by atoms with Crippen LogP contribution in [0.4, 0.5) is 0 Å². The molecular weight excluding hydrogens is 316 g/mol. The first-order chi connectivity index (χ1) is 11.2. The molecule has 0 bridgehead atoms. The summed E-state index contributed by atoms with van der Waals surface area (Å²) in [6, 6.07) is 13.9. The van der Waals surface area contributed by atoms with Gasteiger partial charge in [-0.05, 0) is 55.0 Å². The number of aliphatic hydroxyl groups is 1. The first-order valence-corrected chi connectivity index (χ1v) is 7.95. The average Bonchev–Trinajstić information content (AvgIpc) is 2.61. The number of benzene rings is 2. The molecule has 4 nitrogen and oxygen atoms in total. The summed E-state index contributed by atoms with van der Waals surface area (Å²) in [6.45, 7) is 0.755. The van der Waals surface area contributed by atoms with E-state index < -0.39 is 0 Å². The van der Waals surface area contributed by atoms with Gasteiger partial charge in [0.2, 0.25) is 0 Å². The molecule has 0 unspecified atom stereocenters. The van der Waals surface area contributed by atoms with Crippen LogP contribution in [-0.4, -0.2) is 36.6 Å². The van der Waals surface area contributed by atoms with Crippen molar-refractivity contribution >= 4 is 17.4 Å². The maximum atomic E-state index is 12.4. The molecule has 1 N–H and O–H groups in total. The molecule has 0 heterocycles. The maximum Gasteiger partial charge on any atom is 0.193 e. The van der Waals surface area contributed by atoms with Gasteiger partial charge in [-0.25, -0.2) is 0 Å². The molecule has 122 valence electrons. The highest BCUT2D eigenvalue weighted by Gasteiger charge is 2.09. The number of alkyl halides is 1. The molecule has 0 radical (unpaired) electrons. The van der Waals surface area contributed by atoms with E-state index >= 15 is 0 Å². The predicted octanol–water partition coefficient (Wildman–Crippen LogP) is 3.30. The Bertz CT molecular complexity index is 608. The number of ketones is 1. The third-order valence-electron chi connectivity index (χ3n) is 3.14. The SMILES string of the molecule is O=C(c1ccc(OCCO)cc1)c1ccc(OCCCCl)cc1. The zero-order chi connectivity index (χ0) is 16.5. The van der Waals surface area contributed by atoms with Crippen LogP contribution < -0.4 is 9.47 Å². The van der Waals surface area contributed by atoms with E-state index in [2.05, 4.69) is 0 Å². The third kappa shape index (κ3) is 5.27. The Morgan fingerprint density at radius 3 is 1.78 bits per heavy atom. The van der Waals surface area contributed by atoms with Crippen LogP contribution >= 0.6 is 11.6 Å². The van der Waals surface area contributed by atoms with E-state index in [-0.39, 0.29) is 19.0 Å². The summed E-state index contributed by atoms with van der Waals surface area (Å²) < 4.78 is 10.8. The minimum Gasteiger partial charge on any atom is -0.494 e. The van der Waals surface area contributed by atoms with Crippen molar-refractivity contribution in [3.63, 3.8) is 0 Å². The number of hydrogen-bond acceptors (Lipinski definition) is 4. The highest BCUT2D eigenvalue weighted by atomic mass is 35.5. The second-order valence-corrected chi connectivity index (χ2v) is 5.22. The third-order valence-corrected chi connectivity index (χ3v) is 3.41. The quantitative estimate of drug-likeness (QED) is 0.434. The van der Waals surface area contributed by atoms with Gasteiger partial charge in [0.15, 0.2) is 5.78 Å². The molecule has 2 aromatic carbocycles. The van der Waals surface area contributed by atoms with Gasteiger partial charge in [-0.15, -0.1) is 11.6 Å². The number of halogens is 1. The van der Waals surface area contributed by atoms with Gasteiger partial charge in [0.25, 0.3) is 0 Å². The van der Waals surface area contributed by atoms with E-state index in [4.69, 9.17) is 26.2 Å². The van der Waals surface area contributed by atoms with Crippen molar-refractivity contribution in [1.82, 2.24) is 0 Å². The fourth-order valence-corrected chi connectivity index (χ4v) is 2.09. The highest BCUT2D eigenvalue weighted by Crippen LogP contribution is 2.18. The van der Waals surface area contributed by atoms with E-state index in [1.807, 2.05) is 0 Å². The van der Waals surface area contributed by atoms with E-state index in [9.17, 15) is 4.79 Å². The molecule has 0 aromatic heterocycles. The molecule has 0 saturated carbocycles. The van der Waals surface area contributed by atoms with E-state index in [1.165, 1.54) is 0 Å². The molecule has 0 aliphatic carbocycles. The lowest BCUT2D eigenvalue weighted by molar-refractivity contribution is 0.103. The van der Waals surface area contributed by atoms with Crippen LogP contribution in [0.2, 0.25) is 0 Å². The van der Waals surface area contributed by atoms with E-state index in [0.717, 1.165) is 12.2 Å². The monoisotopic (exact) mass is 334 g/mol. The Balaban J connectivity index is 1.99. The number of hydrogen-bond donors (Lipinski definition) is 1. The van der Waals surface area contributed by atoms with Crippen molar-refractivity contribution in [1.29, 1.82) is 0 Å². The summed E-state index contributed by atoms with van der Waals surface area (Å²) in [5, 5.41) is 8.71. The van der Waals surface area contributed by atoms with Crippen LogP contribution in [0.25, 0.3) is 0 Å². The van der Waals surface area contributed by atoms with E-state index in [0.29, 0.717) is 29.4 Å². The molecule has 2 aromatic rings. The summed E-state index contributed by atoms with van der Waals surface area (Å²) in [5.74, 6) is 1.85. The Labute approximate surface area is 140 Å². The molecule has 0 aliphatic rings. The van der Waals surface area contributed by atoms with Crippen LogP contribution in [0.5, 0.6) is 11.5 Å². The van der Waals surface area contributed by atoms with Crippen LogP contribution in [0, 0.1) is 0 Å². The second kappa shape index (κ2) is 9.18. The Kier molecular flexibility index (Phi) is 6.91. The topological polar surface area (TPSA) is 55.8 Å². The lowest BCUT2D eigenvalue weighted by Gasteiger charge is -2.07. The Morgan fingerprint density at radius 2 is 1.35 bits per heavy atom. The predicted molar refractivity (Wildman–Crippen MR) is 89.7 cm³/mol. The Morgan fingerprint density at radius 1 is 0.870 bits per heavy atom. The fourth-order valence-electron chi connectivity index (χ4n) is 1.98. The number of rotatable bonds is 9. The molecule has 0 fully saturated rings. The summed E-state index contributed by atoms with van der Waals surface area (Å²) >= 11 is 5.60. The lowest BCUT2D eigenvalue weighted by atomic mass is 10.0. The average molecular weight is 335 g/mol. The van der Waals surface area contributed by atoms with Crippen molar-refractivity contribution in [2.45, 2.75) is 6.42 Å². The van der Waals surface area contributed by atoms with Gasteiger partial charge in [0, 0.05) is 17.0 Å². The molecule has 0 spiro atoms. The number of carbonyl (C=O) groups excluding carboxylic acids is 1. The molecule has 0 atom stereocenters. The van der Waals surface area contributed by atoms with Crippen molar-refractivity contribution in [3.8, 4) is 11.5 Å². The minimum absolute atomic E-state index is 0.0417. The molecule has 5 heteroatoms. The lowest BCUT2D eigenvalue weighted by Crippen LogP contribution is -2.04. The van der Waals surface area contributed by atoms with Crippen molar-refractivity contribution in [2.75, 3.05) is 25.7 Å². The van der Waals surface area contributed by atoms with Gasteiger partial charge < -0.3 is 14.6 Å². The largest absolute Gasteiger partial charge is 0.494 e. The summed E-state index contributed by atoms with van der Waals surface area (Å²) in [6.07, 6.45) is 0.785. The highest BCUT2D eigenvalue weighted by molar-refractivity contribution is 6.17. The standard InChI is InChI=1S/C18H19ClO4/c19-10-1-12-22-16-6-2-14(3-7-16)18(21)15-4-8-17(9-5-15)23-13-11-20/h2-9,20H,1,10-13H2. The van der Waals surface area contributed by atoms with Gasteiger partial charge >= 0.3 is 0 Å².